The van der Waals surface area contributed by atoms with Gasteiger partial charge in [-0.15, -0.1) is 0 Å². The number of carbonyl (C=O) groups is 3. The molecule has 2 atom stereocenters. The number of carbonyl (C=O) groups excluding carboxylic acids is 3. The number of imide groups is 1. The molecule has 0 spiro atoms. The highest BCUT2D eigenvalue weighted by atomic mass is 35.5. The summed E-state index contributed by atoms with van der Waals surface area (Å²) in [5.41, 5.74) is 2.12. The van der Waals surface area contributed by atoms with Gasteiger partial charge in [-0.25, -0.2) is 4.90 Å². The van der Waals surface area contributed by atoms with Gasteiger partial charge in [-0.3, -0.25) is 9.59 Å². The van der Waals surface area contributed by atoms with Gasteiger partial charge in [0.2, 0.25) is 11.8 Å². The van der Waals surface area contributed by atoms with Crippen LogP contribution in [0.1, 0.15) is 29.2 Å². The molecule has 0 aromatic heterocycles. The number of anilines is 1. The lowest BCUT2D eigenvalue weighted by atomic mass is 9.42. The summed E-state index contributed by atoms with van der Waals surface area (Å²) in [5.74, 6) is -2.05. The Morgan fingerprint density at radius 1 is 0.774 bits per heavy atom. The Kier molecular flexibility index (Phi) is 3.54. The fourth-order valence-electron chi connectivity index (χ4n) is 6.31. The van der Waals surface area contributed by atoms with Crippen LogP contribution >= 0.6 is 11.6 Å². The molecule has 4 aliphatic rings. The maximum Gasteiger partial charge on any atom is 0.239 e. The van der Waals surface area contributed by atoms with E-state index in [1.165, 1.54) is 4.90 Å². The zero-order valence-corrected chi connectivity index (χ0v) is 17.5. The molecule has 31 heavy (non-hydrogen) atoms. The molecule has 2 amide bonds. The van der Waals surface area contributed by atoms with E-state index in [1.807, 2.05) is 55.5 Å². The molecular weight excluding hydrogens is 410 g/mol. The van der Waals surface area contributed by atoms with Crippen LogP contribution in [0.3, 0.4) is 0 Å². The Morgan fingerprint density at radius 3 is 1.77 bits per heavy atom. The highest BCUT2D eigenvalue weighted by molar-refractivity contribution is 6.31. The van der Waals surface area contributed by atoms with Crippen LogP contribution < -0.4 is 4.90 Å². The number of aldehydes is 1. The molecule has 3 aromatic rings. The van der Waals surface area contributed by atoms with E-state index >= 15 is 0 Å². The van der Waals surface area contributed by atoms with Crippen molar-refractivity contribution < 1.29 is 14.4 Å². The van der Waals surface area contributed by atoms with Gasteiger partial charge in [-0.2, -0.15) is 0 Å². The number of rotatable bonds is 2. The molecule has 0 N–H and O–H groups in total. The van der Waals surface area contributed by atoms with Crippen LogP contribution in [0.5, 0.6) is 0 Å². The van der Waals surface area contributed by atoms with Gasteiger partial charge in [0, 0.05) is 10.4 Å². The molecule has 4 nitrogen and oxygen atoms in total. The first-order valence-corrected chi connectivity index (χ1v) is 10.6. The summed E-state index contributed by atoms with van der Waals surface area (Å²) >= 11 is 6.02. The Balaban J connectivity index is 1.69. The highest BCUT2D eigenvalue weighted by Gasteiger charge is 2.72. The summed E-state index contributed by atoms with van der Waals surface area (Å²) in [6.07, 6.45) is 0.887. The quantitative estimate of drug-likeness (QED) is 0.453. The molecule has 1 heterocycles. The predicted molar refractivity (Wildman–Crippen MR) is 117 cm³/mol. The summed E-state index contributed by atoms with van der Waals surface area (Å²) in [4.78, 5) is 41.9. The van der Waals surface area contributed by atoms with Crippen LogP contribution in [0.15, 0.2) is 72.8 Å². The average molecular weight is 428 g/mol. The zero-order chi connectivity index (χ0) is 21.5. The van der Waals surface area contributed by atoms with Crippen LogP contribution in [0, 0.1) is 11.8 Å². The molecule has 2 bridgehead atoms. The lowest BCUT2D eigenvalue weighted by Crippen LogP contribution is -2.61. The third-order valence-electron chi connectivity index (χ3n) is 7.55. The van der Waals surface area contributed by atoms with Gasteiger partial charge in [0.1, 0.15) is 6.29 Å². The van der Waals surface area contributed by atoms with E-state index in [4.69, 9.17) is 11.6 Å². The van der Waals surface area contributed by atoms with Crippen molar-refractivity contribution in [3.8, 4) is 0 Å². The minimum Gasteiger partial charge on any atom is -0.302 e. The Bertz CT molecular complexity index is 1250. The molecule has 7 rings (SSSR count). The summed E-state index contributed by atoms with van der Waals surface area (Å²) in [5, 5.41) is 0.525. The second-order valence-electron chi connectivity index (χ2n) is 8.72. The van der Waals surface area contributed by atoms with Crippen molar-refractivity contribution in [2.45, 2.75) is 17.8 Å². The maximum atomic E-state index is 13.9. The van der Waals surface area contributed by atoms with Crippen molar-refractivity contribution >= 4 is 35.4 Å². The van der Waals surface area contributed by atoms with Crippen LogP contribution in [0.2, 0.25) is 5.02 Å². The van der Waals surface area contributed by atoms with Gasteiger partial charge >= 0.3 is 0 Å². The van der Waals surface area contributed by atoms with Crippen LogP contribution in [-0.2, 0) is 25.2 Å². The molecule has 3 aliphatic carbocycles. The summed E-state index contributed by atoms with van der Waals surface area (Å²) in [7, 11) is 0. The number of amides is 2. The molecule has 0 radical (unpaired) electrons. The molecule has 152 valence electrons. The standard InChI is InChI=1S/C26H18ClNO3/c1-25-17-6-2-4-8-19(17)26(14-29,20-9-5-3-7-18(20)25)22-21(25)23(30)28(24(22)31)16-12-10-15(27)11-13-16/h2-14,21-22H,1H3/t21-,22-,25?,26?/m1/s1. The van der Waals surface area contributed by atoms with E-state index < -0.39 is 22.7 Å². The van der Waals surface area contributed by atoms with E-state index in [0.29, 0.717) is 10.7 Å². The Hall–Kier alpha value is -3.24. The number of hydrogen-bond acceptors (Lipinski definition) is 3. The average Bonchev–Trinajstić information content (AvgIpc) is 3.07. The molecular formula is C26H18ClNO3. The van der Waals surface area contributed by atoms with Gasteiger partial charge in [0.05, 0.1) is 22.9 Å². The second kappa shape index (κ2) is 5.92. The summed E-state index contributed by atoms with van der Waals surface area (Å²) < 4.78 is 0. The lowest BCUT2D eigenvalue weighted by Gasteiger charge is -2.56. The fraction of sp³-hybridized carbons (Fsp3) is 0.192. The van der Waals surface area contributed by atoms with E-state index in [9.17, 15) is 14.4 Å². The van der Waals surface area contributed by atoms with Crippen molar-refractivity contribution in [3.63, 3.8) is 0 Å². The van der Waals surface area contributed by atoms with Gasteiger partial charge in [0.25, 0.3) is 0 Å². The van der Waals surface area contributed by atoms with E-state index in [2.05, 4.69) is 0 Å². The van der Waals surface area contributed by atoms with Gasteiger partial charge in [0.15, 0.2) is 0 Å². The Morgan fingerprint density at radius 2 is 1.26 bits per heavy atom. The molecule has 1 aliphatic heterocycles. The fourth-order valence-corrected chi connectivity index (χ4v) is 6.43. The minimum absolute atomic E-state index is 0.268. The zero-order valence-electron chi connectivity index (χ0n) is 16.7. The first kappa shape index (κ1) is 18.5. The van der Waals surface area contributed by atoms with Crippen molar-refractivity contribution in [3.05, 3.63) is 100 Å². The van der Waals surface area contributed by atoms with Gasteiger partial charge in [-0.1, -0.05) is 67.1 Å². The van der Waals surface area contributed by atoms with Crippen molar-refractivity contribution in [2.24, 2.45) is 11.8 Å². The monoisotopic (exact) mass is 427 g/mol. The second-order valence-corrected chi connectivity index (χ2v) is 9.16. The first-order valence-electron chi connectivity index (χ1n) is 10.3. The highest BCUT2D eigenvalue weighted by Crippen LogP contribution is 2.66. The largest absolute Gasteiger partial charge is 0.302 e. The maximum absolute atomic E-state index is 13.9. The third kappa shape index (κ3) is 1.95. The predicted octanol–water partition coefficient (Wildman–Crippen LogP) is 4.26. The first-order chi connectivity index (χ1) is 15.0. The Labute approximate surface area is 184 Å². The molecule has 3 aromatic carbocycles. The third-order valence-corrected chi connectivity index (χ3v) is 7.81. The van der Waals surface area contributed by atoms with Crippen molar-refractivity contribution in [2.75, 3.05) is 4.90 Å². The van der Waals surface area contributed by atoms with E-state index in [1.54, 1.807) is 24.3 Å². The topological polar surface area (TPSA) is 54.5 Å². The molecule has 0 saturated carbocycles. The van der Waals surface area contributed by atoms with Crippen LogP contribution in [0.4, 0.5) is 5.69 Å². The molecule has 5 heteroatoms. The molecule has 1 saturated heterocycles. The van der Waals surface area contributed by atoms with Crippen molar-refractivity contribution in [1.29, 1.82) is 0 Å². The molecule has 0 unspecified atom stereocenters. The number of hydrogen-bond donors (Lipinski definition) is 0. The van der Waals surface area contributed by atoms with Gasteiger partial charge in [-0.05, 0) is 46.5 Å². The van der Waals surface area contributed by atoms with Crippen LogP contribution in [0.25, 0.3) is 0 Å². The molecule has 1 fully saturated rings. The van der Waals surface area contributed by atoms with Gasteiger partial charge < -0.3 is 4.79 Å². The number of nitrogens with zero attached hydrogens (tertiary/aromatic N) is 1. The van der Waals surface area contributed by atoms with Crippen LogP contribution in [-0.4, -0.2) is 18.1 Å². The van der Waals surface area contributed by atoms with E-state index in [-0.39, 0.29) is 11.8 Å². The normalized spacial score (nSPS) is 30.1. The SMILES string of the molecule is CC12c3ccccc3C(C=O)(c3ccccc31)[C@H]1C(=O)N(c3ccc(Cl)cc3)C(=O)[C@@H]12. The number of benzene rings is 3. The van der Waals surface area contributed by atoms with E-state index in [0.717, 1.165) is 28.5 Å². The summed E-state index contributed by atoms with van der Waals surface area (Å²) in [6, 6.07) is 22.1. The number of halogens is 1. The lowest BCUT2D eigenvalue weighted by molar-refractivity contribution is -0.129. The van der Waals surface area contributed by atoms with Crippen molar-refractivity contribution in [1.82, 2.24) is 0 Å². The smallest absolute Gasteiger partial charge is 0.239 e. The summed E-state index contributed by atoms with van der Waals surface area (Å²) in [6.45, 7) is 2.03. The minimum atomic E-state index is -1.19.